The molecule has 2 nitrogen and oxygen atoms in total. The van der Waals surface area contributed by atoms with Crippen molar-refractivity contribution in [3.63, 3.8) is 0 Å². The molecule has 0 radical (unpaired) electrons. The predicted molar refractivity (Wildman–Crippen MR) is 70.4 cm³/mol. The molecule has 1 fully saturated rings. The highest BCUT2D eigenvalue weighted by molar-refractivity contribution is 6.33. The van der Waals surface area contributed by atoms with Gasteiger partial charge in [-0.15, -0.1) is 0 Å². The van der Waals surface area contributed by atoms with E-state index in [0.717, 1.165) is 25.8 Å². The molecule has 0 aromatic heterocycles. The highest BCUT2D eigenvalue weighted by atomic mass is 35.5. The zero-order valence-electron chi connectivity index (χ0n) is 10.5. The molecule has 1 amide bonds. The number of nitrogens with zero attached hydrogens (tertiary/aromatic N) is 1. The van der Waals surface area contributed by atoms with Crippen LogP contribution in [-0.4, -0.2) is 23.4 Å². The Kier molecular flexibility index (Phi) is 4.23. The molecular formula is C14H17ClFNO. The van der Waals surface area contributed by atoms with Crippen LogP contribution in [-0.2, 0) is 0 Å². The van der Waals surface area contributed by atoms with Crippen molar-refractivity contribution >= 4 is 17.5 Å². The fraction of sp³-hybridized carbons (Fsp3) is 0.500. The summed E-state index contributed by atoms with van der Waals surface area (Å²) < 4.78 is 13.0. The summed E-state index contributed by atoms with van der Waals surface area (Å²) in [4.78, 5) is 14.3. The summed E-state index contributed by atoms with van der Waals surface area (Å²) in [6.07, 6.45) is 4.19. The highest BCUT2D eigenvalue weighted by Gasteiger charge is 2.27. The van der Waals surface area contributed by atoms with Gasteiger partial charge in [-0.05, 0) is 43.9 Å². The molecule has 1 atom stereocenters. The lowest BCUT2D eigenvalue weighted by atomic mass is 9.99. The molecule has 1 aliphatic rings. The summed E-state index contributed by atoms with van der Waals surface area (Å²) in [5, 5.41) is 0.195. The fourth-order valence-electron chi connectivity index (χ4n) is 2.51. The first kappa shape index (κ1) is 13.3. The number of piperidine rings is 1. The maximum absolute atomic E-state index is 13.0. The average molecular weight is 270 g/mol. The Labute approximate surface area is 112 Å². The number of hydrogen-bond acceptors (Lipinski definition) is 1. The molecule has 0 N–H and O–H groups in total. The van der Waals surface area contributed by atoms with E-state index in [1.165, 1.54) is 24.6 Å². The molecule has 1 heterocycles. The standard InChI is InChI=1S/C14H17ClFNO/c1-2-11-5-3-4-8-17(11)14(18)12-7-6-10(16)9-13(12)15/h6-7,9,11H,2-5,8H2,1H3/t11-/m1/s1. The van der Waals surface area contributed by atoms with Crippen molar-refractivity contribution in [2.45, 2.75) is 38.6 Å². The van der Waals surface area contributed by atoms with Crippen molar-refractivity contribution < 1.29 is 9.18 Å². The zero-order chi connectivity index (χ0) is 13.1. The Morgan fingerprint density at radius 1 is 1.50 bits per heavy atom. The number of carbonyl (C=O) groups is 1. The molecule has 0 aliphatic carbocycles. The van der Waals surface area contributed by atoms with Crippen molar-refractivity contribution in [3.8, 4) is 0 Å². The molecule has 2 rings (SSSR count). The van der Waals surface area contributed by atoms with E-state index in [9.17, 15) is 9.18 Å². The molecule has 4 heteroatoms. The first-order chi connectivity index (χ1) is 8.63. The third-order valence-electron chi connectivity index (χ3n) is 3.52. The Bertz CT molecular complexity index is 449. The Morgan fingerprint density at radius 3 is 2.94 bits per heavy atom. The van der Waals surface area contributed by atoms with Crippen LogP contribution in [0, 0.1) is 5.82 Å². The average Bonchev–Trinajstić information content (AvgIpc) is 2.38. The van der Waals surface area contributed by atoms with Gasteiger partial charge in [0.2, 0.25) is 0 Å². The van der Waals surface area contributed by atoms with E-state index in [1.807, 2.05) is 4.90 Å². The quantitative estimate of drug-likeness (QED) is 0.798. The first-order valence-electron chi connectivity index (χ1n) is 6.39. The van der Waals surface area contributed by atoms with Gasteiger partial charge >= 0.3 is 0 Å². The van der Waals surface area contributed by atoms with E-state index < -0.39 is 5.82 Å². The molecule has 1 aliphatic heterocycles. The lowest BCUT2D eigenvalue weighted by molar-refractivity contribution is 0.0608. The van der Waals surface area contributed by atoms with Crippen molar-refractivity contribution in [3.05, 3.63) is 34.6 Å². The largest absolute Gasteiger partial charge is 0.336 e. The van der Waals surface area contributed by atoms with E-state index in [0.29, 0.717) is 5.56 Å². The van der Waals surface area contributed by atoms with Gasteiger partial charge in [-0.2, -0.15) is 0 Å². The fourth-order valence-corrected chi connectivity index (χ4v) is 2.76. The van der Waals surface area contributed by atoms with Gasteiger partial charge in [0.15, 0.2) is 0 Å². The van der Waals surface area contributed by atoms with Crippen molar-refractivity contribution in [1.29, 1.82) is 0 Å². The predicted octanol–water partition coefficient (Wildman–Crippen LogP) is 3.88. The SMILES string of the molecule is CC[C@@H]1CCCCN1C(=O)c1ccc(F)cc1Cl. The molecule has 1 saturated heterocycles. The molecule has 18 heavy (non-hydrogen) atoms. The Morgan fingerprint density at radius 2 is 2.28 bits per heavy atom. The Balaban J connectivity index is 2.24. The lowest BCUT2D eigenvalue weighted by Gasteiger charge is -2.35. The van der Waals surface area contributed by atoms with Gasteiger partial charge in [-0.25, -0.2) is 4.39 Å². The van der Waals surface area contributed by atoms with Crippen LogP contribution < -0.4 is 0 Å². The molecule has 1 aromatic rings. The van der Waals surface area contributed by atoms with Crippen LogP contribution in [0.3, 0.4) is 0 Å². The maximum Gasteiger partial charge on any atom is 0.255 e. The van der Waals surface area contributed by atoms with Gasteiger partial charge in [0, 0.05) is 12.6 Å². The van der Waals surface area contributed by atoms with Gasteiger partial charge in [0.05, 0.1) is 10.6 Å². The third-order valence-corrected chi connectivity index (χ3v) is 3.83. The maximum atomic E-state index is 13.0. The number of amides is 1. The molecule has 0 bridgehead atoms. The van der Waals surface area contributed by atoms with Crippen molar-refractivity contribution in [1.82, 2.24) is 4.90 Å². The van der Waals surface area contributed by atoms with Crippen LogP contribution in [0.15, 0.2) is 18.2 Å². The summed E-state index contributed by atoms with van der Waals surface area (Å²) in [6, 6.07) is 4.23. The monoisotopic (exact) mass is 269 g/mol. The summed E-state index contributed by atoms with van der Waals surface area (Å²) in [6.45, 7) is 2.85. The lowest BCUT2D eigenvalue weighted by Crippen LogP contribution is -2.43. The van der Waals surface area contributed by atoms with E-state index in [4.69, 9.17) is 11.6 Å². The molecule has 0 unspecified atom stereocenters. The summed E-state index contributed by atoms with van der Waals surface area (Å²) >= 11 is 5.95. The topological polar surface area (TPSA) is 20.3 Å². The van der Waals surface area contributed by atoms with Gasteiger partial charge in [-0.3, -0.25) is 4.79 Å². The minimum Gasteiger partial charge on any atom is -0.336 e. The highest BCUT2D eigenvalue weighted by Crippen LogP contribution is 2.25. The van der Waals surface area contributed by atoms with Gasteiger partial charge < -0.3 is 4.90 Å². The van der Waals surface area contributed by atoms with Crippen LogP contribution in [0.1, 0.15) is 43.0 Å². The molecule has 0 saturated carbocycles. The second kappa shape index (κ2) is 5.70. The van der Waals surface area contributed by atoms with E-state index in [-0.39, 0.29) is 17.0 Å². The zero-order valence-corrected chi connectivity index (χ0v) is 11.2. The van der Waals surface area contributed by atoms with Crippen LogP contribution in [0.25, 0.3) is 0 Å². The first-order valence-corrected chi connectivity index (χ1v) is 6.77. The third kappa shape index (κ3) is 2.66. The van der Waals surface area contributed by atoms with E-state index >= 15 is 0 Å². The van der Waals surface area contributed by atoms with Crippen LogP contribution in [0.2, 0.25) is 5.02 Å². The minimum atomic E-state index is -0.415. The number of rotatable bonds is 2. The number of hydrogen-bond donors (Lipinski definition) is 0. The molecular weight excluding hydrogens is 253 g/mol. The van der Waals surface area contributed by atoms with Crippen LogP contribution in [0.5, 0.6) is 0 Å². The molecule has 0 spiro atoms. The van der Waals surface area contributed by atoms with E-state index in [2.05, 4.69) is 6.92 Å². The van der Waals surface area contributed by atoms with Crippen molar-refractivity contribution in [2.24, 2.45) is 0 Å². The summed E-state index contributed by atoms with van der Waals surface area (Å²) in [5.74, 6) is -0.492. The van der Waals surface area contributed by atoms with Crippen LogP contribution in [0.4, 0.5) is 4.39 Å². The minimum absolute atomic E-state index is 0.0773. The normalized spacial score (nSPS) is 19.9. The molecule has 98 valence electrons. The van der Waals surface area contributed by atoms with Gasteiger partial charge in [0.1, 0.15) is 5.82 Å². The number of carbonyl (C=O) groups excluding carboxylic acids is 1. The van der Waals surface area contributed by atoms with Crippen molar-refractivity contribution in [2.75, 3.05) is 6.54 Å². The second-order valence-corrected chi connectivity index (χ2v) is 5.09. The van der Waals surface area contributed by atoms with Crippen LogP contribution >= 0.6 is 11.6 Å². The summed E-state index contributed by atoms with van der Waals surface area (Å²) in [7, 11) is 0. The Hall–Kier alpha value is -1.09. The van der Waals surface area contributed by atoms with Gasteiger partial charge in [-0.1, -0.05) is 18.5 Å². The van der Waals surface area contributed by atoms with Gasteiger partial charge in [0.25, 0.3) is 5.91 Å². The molecule has 1 aromatic carbocycles. The second-order valence-electron chi connectivity index (χ2n) is 4.68. The number of benzene rings is 1. The smallest absolute Gasteiger partial charge is 0.255 e. The number of likely N-dealkylation sites (tertiary alicyclic amines) is 1. The number of halogens is 2. The summed E-state index contributed by atoms with van der Waals surface area (Å²) in [5.41, 5.74) is 0.401. The van der Waals surface area contributed by atoms with E-state index in [1.54, 1.807) is 0 Å².